The highest BCUT2D eigenvalue weighted by atomic mass is 16.1. The number of nitrogens with zero attached hydrogens (tertiary/aromatic N) is 3. The number of benzene rings is 1. The molecule has 2 aliphatic rings. The lowest BCUT2D eigenvalue weighted by atomic mass is 9.96. The Labute approximate surface area is 177 Å². The molecule has 6 heteroatoms. The number of hydrogen-bond donors (Lipinski definition) is 2. The van der Waals surface area contributed by atoms with Crippen molar-refractivity contribution in [3.8, 4) is 0 Å². The highest BCUT2D eigenvalue weighted by molar-refractivity contribution is 5.93. The van der Waals surface area contributed by atoms with Crippen molar-refractivity contribution in [2.45, 2.75) is 38.0 Å². The summed E-state index contributed by atoms with van der Waals surface area (Å²) in [5, 5.41) is 4.42. The second-order valence-corrected chi connectivity index (χ2v) is 8.71. The summed E-state index contributed by atoms with van der Waals surface area (Å²) in [5.41, 5.74) is 3.18. The van der Waals surface area contributed by atoms with Gasteiger partial charge in [0, 0.05) is 48.5 Å². The van der Waals surface area contributed by atoms with Gasteiger partial charge in [-0.25, -0.2) is 9.97 Å². The molecule has 1 aliphatic heterocycles. The zero-order chi connectivity index (χ0) is 20.3. The molecule has 3 heterocycles. The van der Waals surface area contributed by atoms with Crippen LogP contribution in [0.3, 0.4) is 0 Å². The third kappa shape index (κ3) is 4.38. The Hall–Kier alpha value is -2.73. The molecule has 0 radical (unpaired) electrons. The SMILES string of the molecule is O=C(NCC1CCN(CCc2c[nH]c3ccccc23)CC1)c1cnc(C2CC2)nc1. The van der Waals surface area contributed by atoms with Crippen LogP contribution in [0, 0.1) is 5.92 Å². The Bertz CT molecular complexity index is 1000. The van der Waals surface area contributed by atoms with E-state index in [2.05, 4.69) is 55.6 Å². The van der Waals surface area contributed by atoms with E-state index in [0.717, 1.165) is 51.3 Å². The van der Waals surface area contributed by atoms with E-state index in [0.29, 0.717) is 17.4 Å². The van der Waals surface area contributed by atoms with Crippen molar-refractivity contribution in [1.82, 2.24) is 25.2 Å². The van der Waals surface area contributed by atoms with Gasteiger partial charge in [-0.2, -0.15) is 0 Å². The molecular formula is C24H29N5O. The molecule has 1 saturated heterocycles. The number of rotatable bonds is 7. The van der Waals surface area contributed by atoms with Gasteiger partial charge in [-0.3, -0.25) is 4.79 Å². The van der Waals surface area contributed by atoms with Crippen molar-refractivity contribution in [2.24, 2.45) is 5.92 Å². The molecule has 1 amide bonds. The molecule has 1 aliphatic carbocycles. The summed E-state index contributed by atoms with van der Waals surface area (Å²) in [6, 6.07) is 8.50. The number of nitrogens with one attached hydrogen (secondary N) is 2. The molecule has 0 spiro atoms. The maximum Gasteiger partial charge on any atom is 0.254 e. The number of carbonyl (C=O) groups excluding carboxylic acids is 1. The fourth-order valence-electron chi connectivity index (χ4n) is 4.38. The molecule has 1 saturated carbocycles. The van der Waals surface area contributed by atoms with E-state index >= 15 is 0 Å². The first-order chi connectivity index (χ1) is 14.8. The second kappa shape index (κ2) is 8.56. The number of H-pyrrole nitrogens is 1. The molecular weight excluding hydrogens is 374 g/mol. The van der Waals surface area contributed by atoms with Crippen LogP contribution in [-0.4, -0.2) is 51.9 Å². The van der Waals surface area contributed by atoms with Gasteiger partial charge >= 0.3 is 0 Å². The van der Waals surface area contributed by atoms with Crippen LogP contribution in [0.25, 0.3) is 10.9 Å². The maximum atomic E-state index is 12.4. The number of amides is 1. The number of hydrogen-bond acceptors (Lipinski definition) is 4. The summed E-state index contributed by atoms with van der Waals surface area (Å²) in [5.74, 6) is 1.89. The van der Waals surface area contributed by atoms with Crippen molar-refractivity contribution >= 4 is 16.8 Å². The maximum absolute atomic E-state index is 12.4. The number of aromatic nitrogens is 3. The molecule has 1 aromatic carbocycles. The highest BCUT2D eigenvalue weighted by Crippen LogP contribution is 2.37. The van der Waals surface area contributed by atoms with E-state index in [4.69, 9.17) is 0 Å². The van der Waals surface area contributed by atoms with Crippen molar-refractivity contribution < 1.29 is 4.79 Å². The van der Waals surface area contributed by atoms with Gasteiger partial charge in [-0.1, -0.05) is 18.2 Å². The summed E-state index contributed by atoms with van der Waals surface area (Å²) >= 11 is 0. The molecule has 5 rings (SSSR count). The molecule has 2 fully saturated rings. The fourth-order valence-corrected chi connectivity index (χ4v) is 4.38. The standard InChI is InChI=1S/C24H29N5O/c30-24(20-15-26-23(27-16-20)18-5-6-18)28-13-17-7-10-29(11-8-17)12-9-19-14-25-22-4-2-1-3-21(19)22/h1-4,14-18,25H,5-13H2,(H,28,30). The molecule has 2 aromatic heterocycles. The Morgan fingerprint density at radius 1 is 1.10 bits per heavy atom. The summed E-state index contributed by atoms with van der Waals surface area (Å²) < 4.78 is 0. The monoisotopic (exact) mass is 403 g/mol. The van der Waals surface area contributed by atoms with E-state index < -0.39 is 0 Å². The van der Waals surface area contributed by atoms with Crippen LogP contribution in [0.2, 0.25) is 0 Å². The quantitative estimate of drug-likeness (QED) is 0.633. The van der Waals surface area contributed by atoms with E-state index in [9.17, 15) is 4.79 Å². The third-order valence-corrected chi connectivity index (χ3v) is 6.51. The molecule has 0 unspecified atom stereocenters. The van der Waals surface area contributed by atoms with Gasteiger partial charge in [-0.05, 0) is 62.7 Å². The zero-order valence-corrected chi connectivity index (χ0v) is 17.3. The van der Waals surface area contributed by atoms with Crippen LogP contribution in [0.15, 0.2) is 42.9 Å². The predicted molar refractivity (Wildman–Crippen MR) is 118 cm³/mol. The highest BCUT2D eigenvalue weighted by Gasteiger charge is 2.26. The minimum atomic E-state index is -0.0564. The average Bonchev–Trinajstić information content (AvgIpc) is 3.57. The van der Waals surface area contributed by atoms with E-state index in [1.807, 2.05) is 0 Å². The lowest BCUT2D eigenvalue weighted by molar-refractivity contribution is 0.0935. The molecule has 0 atom stereocenters. The predicted octanol–water partition coefficient (Wildman–Crippen LogP) is 3.52. The van der Waals surface area contributed by atoms with Crippen molar-refractivity contribution in [2.75, 3.05) is 26.2 Å². The first kappa shape index (κ1) is 19.2. The molecule has 30 heavy (non-hydrogen) atoms. The number of likely N-dealkylation sites (tertiary alicyclic amines) is 1. The first-order valence-electron chi connectivity index (χ1n) is 11.1. The van der Waals surface area contributed by atoms with Crippen LogP contribution in [-0.2, 0) is 6.42 Å². The lowest BCUT2D eigenvalue weighted by Gasteiger charge is -2.32. The molecule has 156 valence electrons. The number of piperidine rings is 1. The number of para-hydroxylation sites is 1. The van der Waals surface area contributed by atoms with Crippen molar-refractivity contribution in [1.29, 1.82) is 0 Å². The van der Waals surface area contributed by atoms with Crippen LogP contribution < -0.4 is 5.32 Å². The minimum Gasteiger partial charge on any atom is -0.361 e. The Kier molecular flexibility index (Phi) is 5.49. The van der Waals surface area contributed by atoms with Crippen LogP contribution in [0.1, 0.15) is 53.3 Å². The number of carbonyl (C=O) groups is 1. The average molecular weight is 404 g/mol. The third-order valence-electron chi connectivity index (χ3n) is 6.51. The first-order valence-corrected chi connectivity index (χ1v) is 11.1. The minimum absolute atomic E-state index is 0.0564. The second-order valence-electron chi connectivity index (χ2n) is 8.71. The Morgan fingerprint density at radius 2 is 1.87 bits per heavy atom. The number of fused-ring (bicyclic) bond motifs is 1. The molecule has 6 nitrogen and oxygen atoms in total. The summed E-state index contributed by atoms with van der Waals surface area (Å²) in [7, 11) is 0. The van der Waals surface area contributed by atoms with Crippen LogP contribution in [0.4, 0.5) is 0 Å². The largest absolute Gasteiger partial charge is 0.361 e. The smallest absolute Gasteiger partial charge is 0.254 e. The van der Waals surface area contributed by atoms with Gasteiger partial charge in [0.2, 0.25) is 0 Å². The van der Waals surface area contributed by atoms with Gasteiger partial charge in [0.15, 0.2) is 0 Å². The molecule has 2 N–H and O–H groups in total. The van der Waals surface area contributed by atoms with E-state index in [1.165, 1.54) is 29.3 Å². The van der Waals surface area contributed by atoms with Crippen LogP contribution >= 0.6 is 0 Å². The normalized spacial score (nSPS) is 18.0. The summed E-state index contributed by atoms with van der Waals surface area (Å²) in [6.07, 6.45) is 11.2. The lowest BCUT2D eigenvalue weighted by Crippen LogP contribution is -2.39. The Morgan fingerprint density at radius 3 is 2.63 bits per heavy atom. The zero-order valence-electron chi connectivity index (χ0n) is 17.3. The fraction of sp³-hybridized carbons (Fsp3) is 0.458. The van der Waals surface area contributed by atoms with Gasteiger partial charge < -0.3 is 15.2 Å². The summed E-state index contributed by atoms with van der Waals surface area (Å²) in [6.45, 7) is 4.02. The topological polar surface area (TPSA) is 73.9 Å². The van der Waals surface area contributed by atoms with Gasteiger partial charge in [0.25, 0.3) is 5.91 Å². The van der Waals surface area contributed by atoms with Crippen molar-refractivity contribution in [3.05, 3.63) is 59.8 Å². The van der Waals surface area contributed by atoms with E-state index in [1.54, 1.807) is 12.4 Å². The molecule has 3 aromatic rings. The van der Waals surface area contributed by atoms with Gasteiger partial charge in [-0.15, -0.1) is 0 Å². The number of aromatic amines is 1. The Balaban J connectivity index is 1.05. The molecule has 0 bridgehead atoms. The van der Waals surface area contributed by atoms with E-state index in [-0.39, 0.29) is 5.91 Å². The summed E-state index contributed by atoms with van der Waals surface area (Å²) in [4.78, 5) is 27.0. The van der Waals surface area contributed by atoms with Gasteiger partial charge in [0.05, 0.1) is 5.56 Å². The van der Waals surface area contributed by atoms with Crippen molar-refractivity contribution in [3.63, 3.8) is 0 Å². The van der Waals surface area contributed by atoms with Gasteiger partial charge in [0.1, 0.15) is 5.82 Å². The van der Waals surface area contributed by atoms with Crippen LogP contribution in [0.5, 0.6) is 0 Å².